The van der Waals surface area contributed by atoms with Gasteiger partial charge in [0, 0.05) is 5.02 Å². The third-order valence-corrected chi connectivity index (χ3v) is 3.90. The smallest absolute Gasteiger partial charge is 0.0435 e. The average molecular weight is 239 g/mol. The molecule has 0 N–H and O–H groups in total. The summed E-state index contributed by atoms with van der Waals surface area (Å²) >= 11 is 6.02. The molecule has 0 spiro atoms. The van der Waals surface area contributed by atoms with Crippen molar-refractivity contribution in [2.75, 3.05) is 0 Å². The monoisotopic (exact) mass is 238 g/mol. The third-order valence-electron chi connectivity index (χ3n) is 3.47. The lowest BCUT2D eigenvalue weighted by atomic mass is 9.89. The van der Waals surface area contributed by atoms with Gasteiger partial charge in [-0.15, -0.1) is 0 Å². The molecule has 0 heterocycles. The van der Waals surface area contributed by atoms with Gasteiger partial charge in [-0.3, -0.25) is 0 Å². The molecule has 0 bridgehead atoms. The van der Waals surface area contributed by atoms with Crippen LogP contribution in [-0.2, 0) is 0 Å². The molecule has 2 rings (SSSR count). The first-order valence-corrected chi connectivity index (χ1v) is 6.82. The molecule has 1 aliphatic rings. The van der Waals surface area contributed by atoms with Crippen molar-refractivity contribution in [2.45, 2.75) is 52.9 Å². The Labute approximate surface area is 105 Å². The van der Waals surface area contributed by atoms with Crippen molar-refractivity contribution in [3.63, 3.8) is 0 Å². The molecule has 16 heavy (non-hydrogen) atoms. The zero-order valence-electron chi connectivity index (χ0n) is 10.9. The summed E-state index contributed by atoms with van der Waals surface area (Å²) in [6, 6.07) is 6.49. The standard InChI is InChI=1S/C13H17Cl.C2H6/c1-9-4-3-5-12(9)11-6-7-13(14)10(2)8-11;1-2/h6-9,12H,3-5H2,1-2H3;1-2H3. The van der Waals surface area contributed by atoms with Crippen molar-refractivity contribution >= 4 is 11.6 Å². The molecule has 90 valence electrons. The molecule has 1 aromatic carbocycles. The van der Waals surface area contributed by atoms with Crippen molar-refractivity contribution in [3.8, 4) is 0 Å². The highest BCUT2D eigenvalue weighted by Gasteiger charge is 2.24. The van der Waals surface area contributed by atoms with Crippen molar-refractivity contribution in [1.29, 1.82) is 0 Å². The molecule has 0 nitrogen and oxygen atoms in total. The van der Waals surface area contributed by atoms with Crippen LogP contribution in [0.5, 0.6) is 0 Å². The van der Waals surface area contributed by atoms with Crippen molar-refractivity contribution in [1.82, 2.24) is 0 Å². The molecule has 1 saturated carbocycles. The van der Waals surface area contributed by atoms with Crippen LogP contribution in [0.1, 0.15) is 57.1 Å². The maximum absolute atomic E-state index is 6.02. The van der Waals surface area contributed by atoms with Gasteiger partial charge in [0.2, 0.25) is 0 Å². The van der Waals surface area contributed by atoms with E-state index in [4.69, 9.17) is 11.6 Å². The van der Waals surface area contributed by atoms with Crippen molar-refractivity contribution < 1.29 is 0 Å². The van der Waals surface area contributed by atoms with Gasteiger partial charge in [-0.25, -0.2) is 0 Å². The van der Waals surface area contributed by atoms with Crippen LogP contribution < -0.4 is 0 Å². The maximum atomic E-state index is 6.02. The Morgan fingerprint density at radius 1 is 1.19 bits per heavy atom. The van der Waals surface area contributed by atoms with Crippen LogP contribution in [0.15, 0.2) is 18.2 Å². The fourth-order valence-electron chi connectivity index (χ4n) is 2.54. The molecular weight excluding hydrogens is 216 g/mol. The Kier molecular flexibility index (Phi) is 5.34. The van der Waals surface area contributed by atoms with Gasteiger partial charge in [0.25, 0.3) is 0 Å². The molecule has 0 aromatic heterocycles. The quantitative estimate of drug-likeness (QED) is 0.599. The van der Waals surface area contributed by atoms with E-state index in [-0.39, 0.29) is 0 Å². The highest BCUT2D eigenvalue weighted by Crippen LogP contribution is 2.39. The van der Waals surface area contributed by atoms with Gasteiger partial charge >= 0.3 is 0 Å². The molecule has 0 radical (unpaired) electrons. The Balaban J connectivity index is 0.000000606. The summed E-state index contributed by atoms with van der Waals surface area (Å²) in [7, 11) is 0. The lowest BCUT2D eigenvalue weighted by molar-refractivity contribution is 0.533. The molecule has 0 aliphatic heterocycles. The van der Waals surface area contributed by atoms with E-state index in [0.29, 0.717) is 0 Å². The molecule has 2 atom stereocenters. The molecule has 1 aromatic rings. The molecule has 1 heteroatoms. The fraction of sp³-hybridized carbons (Fsp3) is 0.600. The number of hydrogen-bond donors (Lipinski definition) is 0. The maximum Gasteiger partial charge on any atom is 0.0435 e. The molecule has 1 aliphatic carbocycles. The second-order valence-corrected chi connectivity index (χ2v) is 4.93. The van der Waals surface area contributed by atoms with Gasteiger partial charge in [0.1, 0.15) is 0 Å². The number of benzene rings is 1. The van der Waals surface area contributed by atoms with E-state index in [1.807, 2.05) is 19.9 Å². The van der Waals surface area contributed by atoms with E-state index in [1.165, 1.54) is 30.4 Å². The van der Waals surface area contributed by atoms with Gasteiger partial charge in [-0.05, 0) is 42.4 Å². The summed E-state index contributed by atoms with van der Waals surface area (Å²) in [5.74, 6) is 1.61. The first-order valence-electron chi connectivity index (χ1n) is 6.44. The number of hydrogen-bond acceptors (Lipinski definition) is 0. The minimum absolute atomic E-state index is 0.769. The van der Waals surface area contributed by atoms with E-state index in [0.717, 1.165) is 16.9 Å². The number of aryl methyl sites for hydroxylation is 1. The Morgan fingerprint density at radius 2 is 1.88 bits per heavy atom. The summed E-state index contributed by atoms with van der Waals surface area (Å²) in [5, 5.41) is 0.888. The lowest BCUT2D eigenvalue weighted by Gasteiger charge is -2.16. The van der Waals surface area contributed by atoms with Crippen LogP contribution in [0, 0.1) is 12.8 Å². The zero-order chi connectivity index (χ0) is 12.1. The van der Waals surface area contributed by atoms with Crippen LogP contribution in [0.2, 0.25) is 5.02 Å². The van der Waals surface area contributed by atoms with Gasteiger partial charge in [0.15, 0.2) is 0 Å². The Hall–Kier alpha value is -0.490. The van der Waals surface area contributed by atoms with Crippen molar-refractivity contribution in [3.05, 3.63) is 34.3 Å². The molecule has 2 unspecified atom stereocenters. The van der Waals surface area contributed by atoms with Crippen LogP contribution in [0.25, 0.3) is 0 Å². The Morgan fingerprint density at radius 3 is 2.38 bits per heavy atom. The summed E-state index contributed by atoms with van der Waals surface area (Å²) in [6.07, 6.45) is 4.11. The first-order chi connectivity index (χ1) is 7.68. The SMILES string of the molecule is CC.Cc1cc(C2CCCC2C)ccc1Cl. The summed E-state index contributed by atoms with van der Waals surface area (Å²) in [5.41, 5.74) is 2.69. The van der Waals surface area contributed by atoms with E-state index >= 15 is 0 Å². The van der Waals surface area contributed by atoms with Crippen LogP contribution >= 0.6 is 11.6 Å². The van der Waals surface area contributed by atoms with Gasteiger partial charge in [-0.1, -0.05) is 57.3 Å². The van der Waals surface area contributed by atoms with E-state index in [2.05, 4.69) is 26.0 Å². The van der Waals surface area contributed by atoms with Crippen LogP contribution in [-0.4, -0.2) is 0 Å². The van der Waals surface area contributed by atoms with Crippen LogP contribution in [0.3, 0.4) is 0 Å². The second kappa shape index (κ2) is 6.30. The van der Waals surface area contributed by atoms with Crippen LogP contribution in [0.4, 0.5) is 0 Å². The molecule has 1 fully saturated rings. The minimum Gasteiger partial charge on any atom is -0.0841 e. The number of halogens is 1. The second-order valence-electron chi connectivity index (χ2n) is 4.52. The summed E-state index contributed by atoms with van der Waals surface area (Å²) in [6.45, 7) is 8.45. The van der Waals surface area contributed by atoms with Crippen molar-refractivity contribution in [2.24, 2.45) is 5.92 Å². The predicted molar refractivity (Wildman–Crippen MR) is 73.3 cm³/mol. The minimum atomic E-state index is 0.769. The number of rotatable bonds is 1. The highest BCUT2D eigenvalue weighted by molar-refractivity contribution is 6.31. The first kappa shape index (κ1) is 13.6. The van der Waals surface area contributed by atoms with E-state index in [1.54, 1.807) is 0 Å². The normalized spacial score (nSPS) is 23.8. The summed E-state index contributed by atoms with van der Waals surface area (Å²) < 4.78 is 0. The molecular formula is C15H23Cl. The lowest BCUT2D eigenvalue weighted by Crippen LogP contribution is -2.02. The van der Waals surface area contributed by atoms with E-state index in [9.17, 15) is 0 Å². The third kappa shape index (κ3) is 3.01. The van der Waals surface area contributed by atoms with Gasteiger partial charge in [-0.2, -0.15) is 0 Å². The fourth-order valence-corrected chi connectivity index (χ4v) is 2.66. The van der Waals surface area contributed by atoms with Gasteiger partial charge in [0.05, 0.1) is 0 Å². The zero-order valence-corrected chi connectivity index (χ0v) is 11.6. The largest absolute Gasteiger partial charge is 0.0841 e. The topological polar surface area (TPSA) is 0 Å². The summed E-state index contributed by atoms with van der Waals surface area (Å²) in [4.78, 5) is 0. The molecule has 0 amide bonds. The van der Waals surface area contributed by atoms with Gasteiger partial charge < -0.3 is 0 Å². The molecule has 0 saturated heterocycles. The predicted octanol–water partition coefficient (Wildman–Crippen LogP) is 5.58. The van der Waals surface area contributed by atoms with E-state index < -0.39 is 0 Å². The average Bonchev–Trinajstić information content (AvgIpc) is 2.72. The highest BCUT2D eigenvalue weighted by atomic mass is 35.5. The Bertz CT molecular complexity index is 330.